The summed E-state index contributed by atoms with van der Waals surface area (Å²) in [6.45, 7) is 2.94. The fourth-order valence-electron chi connectivity index (χ4n) is 2.22. The second kappa shape index (κ2) is 7.47. The first kappa shape index (κ1) is 16.5. The zero-order chi connectivity index (χ0) is 16.2. The van der Waals surface area contributed by atoms with Gasteiger partial charge in [-0.3, -0.25) is 0 Å². The van der Waals surface area contributed by atoms with Crippen molar-refractivity contribution in [1.82, 2.24) is 14.8 Å². The predicted octanol–water partition coefficient (Wildman–Crippen LogP) is 5.50. The van der Waals surface area contributed by atoms with E-state index in [1.54, 1.807) is 23.5 Å². The van der Waals surface area contributed by atoms with Crippen LogP contribution in [0.2, 0.25) is 5.02 Å². The van der Waals surface area contributed by atoms with Gasteiger partial charge in [-0.25, -0.2) is 4.39 Å². The summed E-state index contributed by atoms with van der Waals surface area (Å²) >= 11 is 9.18. The van der Waals surface area contributed by atoms with Crippen molar-refractivity contribution in [2.24, 2.45) is 0 Å². The third-order valence-electron chi connectivity index (χ3n) is 3.31. The molecule has 0 aliphatic heterocycles. The molecule has 0 radical (unpaired) electrons. The molecular formula is C16H15ClFN3S2. The summed E-state index contributed by atoms with van der Waals surface area (Å²) in [6.07, 6.45) is 0.977. The Balaban J connectivity index is 1.86. The molecule has 3 rings (SSSR count). The number of thiophene rings is 1. The van der Waals surface area contributed by atoms with Crippen LogP contribution in [0.5, 0.6) is 0 Å². The third-order valence-corrected chi connectivity index (χ3v) is 5.53. The molecule has 7 heteroatoms. The van der Waals surface area contributed by atoms with Crippen molar-refractivity contribution < 1.29 is 4.39 Å². The van der Waals surface area contributed by atoms with Crippen LogP contribution in [0.1, 0.15) is 18.9 Å². The van der Waals surface area contributed by atoms with Gasteiger partial charge < -0.3 is 4.57 Å². The van der Waals surface area contributed by atoms with Crippen molar-refractivity contribution in [2.75, 3.05) is 0 Å². The van der Waals surface area contributed by atoms with Crippen molar-refractivity contribution in [3.8, 4) is 10.7 Å². The SMILES string of the molecule is CCCn1c(SCc2c(F)cccc2Cl)nnc1-c1cccs1. The van der Waals surface area contributed by atoms with Crippen molar-refractivity contribution >= 4 is 34.7 Å². The zero-order valence-corrected chi connectivity index (χ0v) is 14.9. The standard InChI is InChI=1S/C16H15ClFN3S2/c1-2-8-21-15(14-7-4-9-22-14)19-20-16(21)23-10-11-12(17)5-3-6-13(11)18/h3-7,9H,2,8,10H2,1H3. The zero-order valence-electron chi connectivity index (χ0n) is 12.5. The van der Waals surface area contributed by atoms with Gasteiger partial charge in [0.15, 0.2) is 11.0 Å². The molecule has 0 spiro atoms. The Labute approximate surface area is 147 Å². The molecule has 2 heterocycles. The highest BCUT2D eigenvalue weighted by Gasteiger charge is 2.16. The lowest BCUT2D eigenvalue weighted by Gasteiger charge is -2.09. The van der Waals surface area contributed by atoms with Crippen LogP contribution >= 0.6 is 34.7 Å². The predicted molar refractivity (Wildman–Crippen MR) is 94.6 cm³/mol. The summed E-state index contributed by atoms with van der Waals surface area (Å²) < 4.78 is 16.0. The highest BCUT2D eigenvalue weighted by atomic mass is 35.5. The van der Waals surface area contributed by atoms with Crippen LogP contribution in [0.25, 0.3) is 10.7 Å². The molecule has 0 bridgehead atoms. The third kappa shape index (κ3) is 3.59. The van der Waals surface area contributed by atoms with Crippen molar-refractivity contribution in [3.05, 3.63) is 52.1 Å². The number of benzene rings is 1. The molecule has 120 valence electrons. The van der Waals surface area contributed by atoms with E-state index in [9.17, 15) is 4.39 Å². The second-order valence-electron chi connectivity index (χ2n) is 4.92. The molecule has 0 aliphatic rings. The summed E-state index contributed by atoms with van der Waals surface area (Å²) in [4.78, 5) is 1.08. The summed E-state index contributed by atoms with van der Waals surface area (Å²) in [6, 6.07) is 8.77. The summed E-state index contributed by atoms with van der Waals surface area (Å²) in [5.74, 6) is 1.01. The number of hydrogen-bond donors (Lipinski definition) is 0. The molecule has 23 heavy (non-hydrogen) atoms. The average molecular weight is 368 g/mol. The first-order valence-electron chi connectivity index (χ1n) is 7.23. The Morgan fingerprint density at radius 2 is 2.13 bits per heavy atom. The molecule has 0 N–H and O–H groups in total. The van der Waals surface area contributed by atoms with Gasteiger partial charge in [0, 0.05) is 22.9 Å². The van der Waals surface area contributed by atoms with Crippen molar-refractivity contribution in [3.63, 3.8) is 0 Å². The van der Waals surface area contributed by atoms with Crippen LogP contribution in [0.3, 0.4) is 0 Å². The largest absolute Gasteiger partial charge is 0.301 e. The molecule has 0 atom stereocenters. The second-order valence-corrected chi connectivity index (χ2v) is 7.22. The van der Waals surface area contributed by atoms with Gasteiger partial charge in [-0.2, -0.15) is 0 Å². The van der Waals surface area contributed by atoms with Gasteiger partial charge in [0.25, 0.3) is 0 Å². The Morgan fingerprint density at radius 1 is 1.26 bits per heavy atom. The van der Waals surface area contributed by atoms with Gasteiger partial charge in [0.2, 0.25) is 0 Å². The maximum Gasteiger partial charge on any atom is 0.191 e. The molecule has 0 amide bonds. The first-order valence-corrected chi connectivity index (χ1v) is 9.47. The Morgan fingerprint density at radius 3 is 2.83 bits per heavy atom. The Kier molecular flexibility index (Phi) is 5.35. The van der Waals surface area contributed by atoms with Crippen LogP contribution in [0.15, 0.2) is 40.9 Å². The highest BCUT2D eigenvalue weighted by Crippen LogP contribution is 2.31. The topological polar surface area (TPSA) is 30.7 Å². The van der Waals surface area contributed by atoms with Crippen LogP contribution < -0.4 is 0 Å². The minimum atomic E-state index is -0.287. The number of thioether (sulfide) groups is 1. The van der Waals surface area contributed by atoms with Gasteiger partial charge in [-0.05, 0) is 30.0 Å². The number of aromatic nitrogens is 3. The molecule has 2 aromatic heterocycles. The van der Waals surface area contributed by atoms with Crippen LogP contribution in [0.4, 0.5) is 4.39 Å². The summed E-state index contributed by atoms with van der Waals surface area (Å²) in [7, 11) is 0. The first-order chi connectivity index (χ1) is 11.2. The molecule has 0 unspecified atom stereocenters. The quantitative estimate of drug-likeness (QED) is 0.539. The van der Waals surface area contributed by atoms with Gasteiger partial charge in [-0.1, -0.05) is 42.4 Å². The van der Waals surface area contributed by atoms with Gasteiger partial charge in [0.1, 0.15) is 5.82 Å². The van der Waals surface area contributed by atoms with Crippen LogP contribution in [-0.4, -0.2) is 14.8 Å². The molecule has 3 nitrogen and oxygen atoms in total. The van der Waals surface area contributed by atoms with E-state index in [-0.39, 0.29) is 5.82 Å². The minimum absolute atomic E-state index is 0.287. The number of rotatable bonds is 6. The van der Waals surface area contributed by atoms with E-state index in [2.05, 4.69) is 21.7 Å². The molecular weight excluding hydrogens is 353 g/mol. The van der Waals surface area contributed by atoms with E-state index in [0.29, 0.717) is 16.3 Å². The molecule has 1 aromatic carbocycles. The Bertz CT molecular complexity index is 766. The number of hydrogen-bond acceptors (Lipinski definition) is 4. The van der Waals surface area contributed by atoms with Gasteiger partial charge in [-0.15, -0.1) is 21.5 Å². The fraction of sp³-hybridized carbons (Fsp3) is 0.250. The maximum absolute atomic E-state index is 13.9. The molecule has 0 aliphatic carbocycles. The van der Waals surface area contributed by atoms with Gasteiger partial charge >= 0.3 is 0 Å². The van der Waals surface area contributed by atoms with Crippen molar-refractivity contribution in [1.29, 1.82) is 0 Å². The van der Waals surface area contributed by atoms with E-state index >= 15 is 0 Å². The summed E-state index contributed by atoms with van der Waals surface area (Å²) in [5.41, 5.74) is 0.503. The van der Waals surface area contributed by atoms with E-state index in [0.717, 1.165) is 28.8 Å². The number of nitrogens with zero attached hydrogens (tertiary/aromatic N) is 3. The average Bonchev–Trinajstić information content (AvgIpc) is 3.17. The van der Waals surface area contributed by atoms with E-state index < -0.39 is 0 Å². The minimum Gasteiger partial charge on any atom is -0.301 e. The fourth-order valence-corrected chi connectivity index (χ4v) is 4.24. The van der Waals surface area contributed by atoms with E-state index in [1.165, 1.54) is 17.8 Å². The summed E-state index contributed by atoms with van der Waals surface area (Å²) in [5, 5.41) is 11.8. The molecule has 0 saturated carbocycles. The molecule has 3 aromatic rings. The van der Waals surface area contributed by atoms with E-state index in [4.69, 9.17) is 11.6 Å². The lowest BCUT2D eigenvalue weighted by atomic mass is 10.2. The monoisotopic (exact) mass is 367 g/mol. The van der Waals surface area contributed by atoms with Crippen LogP contribution in [0, 0.1) is 5.82 Å². The lowest BCUT2D eigenvalue weighted by Crippen LogP contribution is -2.01. The van der Waals surface area contributed by atoms with Gasteiger partial charge in [0.05, 0.1) is 4.88 Å². The Hall–Kier alpha value is -1.37. The highest BCUT2D eigenvalue weighted by molar-refractivity contribution is 7.98. The number of halogens is 2. The normalized spacial score (nSPS) is 11.1. The van der Waals surface area contributed by atoms with E-state index in [1.807, 2.05) is 17.5 Å². The smallest absolute Gasteiger partial charge is 0.191 e. The molecule has 0 fully saturated rings. The van der Waals surface area contributed by atoms with Crippen LogP contribution in [-0.2, 0) is 12.3 Å². The molecule has 0 saturated heterocycles. The maximum atomic E-state index is 13.9. The lowest BCUT2D eigenvalue weighted by molar-refractivity contribution is 0.615. The van der Waals surface area contributed by atoms with Crippen molar-refractivity contribution in [2.45, 2.75) is 30.8 Å².